The molecular formula is C8H6BrF5N2. The van der Waals surface area contributed by atoms with Gasteiger partial charge in [-0.3, -0.25) is 4.98 Å². The zero-order chi connectivity index (χ0) is 12.5. The third-order valence-corrected chi connectivity index (χ3v) is 2.75. The van der Waals surface area contributed by atoms with Crippen molar-refractivity contribution in [3.63, 3.8) is 0 Å². The van der Waals surface area contributed by atoms with Gasteiger partial charge in [0.15, 0.2) is 0 Å². The molecule has 2 N–H and O–H groups in total. The summed E-state index contributed by atoms with van der Waals surface area (Å²) in [5, 5.41) is 0. The molecule has 0 fully saturated rings. The van der Waals surface area contributed by atoms with E-state index < -0.39 is 36.0 Å². The predicted octanol–water partition coefficient (Wildman–Crippen LogP) is 3.26. The molecular weight excluding hydrogens is 299 g/mol. The Labute approximate surface area is 95.8 Å². The lowest BCUT2D eigenvalue weighted by Crippen LogP contribution is -2.15. The molecule has 0 aliphatic heterocycles. The first-order chi connectivity index (χ1) is 7.29. The molecule has 8 heteroatoms. The van der Waals surface area contributed by atoms with Crippen LogP contribution in [-0.4, -0.2) is 4.98 Å². The first-order valence-electron chi connectivity index (χ1n) is 4.01. The topological polar surface area (TPSA) is 38.9 Å². The van der Waals surface area contributed by atoms with Gasteiger partial charge in [-0.2, -0.15) is 13.2 Å². The number of halogens is 6. The number of nitrogens with two attached hydrogens (primary N) is 1. The zero-order valence-electron chi connectivity index (χ0n) is 7.65. The summed E-state index contributed by atoms with van der Waals surface area (Å²) in [7, 11) is 0. The molecule has 0 aliphatic rings. The molecule has 0 radical (unpaired) electrons. The van der Waals surface area contributed by atoms with Crippen LogP contribution >= 0.6 is 15.9 Å². The normalized spacial score (nSPS) is 12.2. The molecule has 2 nitrogen and oxygen atoms in total. The van der Waals surface area contributed by atoms with E-state index in [4.69, 9.17) is 5.73 Å². The van der Waals surface area contributed by atoms with Crippen molar-refractivity contribution >= 4 is 15.9 Å². The summed E-state index contributed by atoms with van der Waals surface area (Å²) in [5.41, 5.74) is 2.85. The Kier molecular flexibility index (Phi) is 3.84. The highest BCUT2D eigenvalue weighted by Crippen LogP contribution is 2.37. The fourth-order valence-electron chi connectivity index (χ4n) is 1.14. The lowest BCUT2D eigenvalue weighted by molar-refractivity contribution is -0.138. The van der Waals surface area contributed by atoms with E-state index in [1.807, 2.05) is 0 Å². The molecule has 0 unspecified atom stereocenters. The molecule has 0 amide bonds. The zero-order valence-corrected chi connectivity index (χ0v) is 9.24. The smallest absolute Gasteiger partial charge is 0.326 e. The van der Waals surface area contributed by atoms with Gasteiger partial charge >= 0.3 is 6.18 Å². The maximum Gasteiger partial charge on any atom is 0.418 e. The number of hydrogen-bond acceptors (Lipinski definition) is 2. The standard InChI is InChI=1S/C8H6BrF5N2/c9-5-3(1-15)4(8(12,13)14)2-16-6(5)7(10)11/h2,7H,1,15H2. The molecule has 16 heavy (non-hydrogen) atoms. The van der Waals surface area contributed by atoms with E-state index in [1.165, 1.54) is 0 Å². The molecule has 0 spiro atoms. The number of rotatable bonds is 2. The molecule has 0 saturated heterocycles. The molecule has 1 aromatic rings. The first-order valence-corrected chi connectivity index (χ1v) is 4.81. The van der Waals surface area contributed by atoms with Gasteiger partial charge in [0.2, 0.25) is 0 Å². The molecule has 0 aliphatic carbocycles. The van der Waals surface area contributed by atoms with Crippen LogP contribution in [0, 0.1) is 0 Å². The lowest BCUT2D eigenvalue weighted by atomic mass is 10.1. The molecule has 0 saturated carbocycles. The summed E-state index contributed by atoms with van der Waals surface area (Å²) >= 11 is 2.66. The molecule has 1 rings (SSSR count). The van der Waals surface area contributed by atoms with Gasteiger partial charge in [-0.1, -0.05) is 0 Å². The Balaban J connectivity index is 3.41. The molecule has 1 aromatic heterocycles. The summed E-state index contributed by atoms with van der Waals surface area (Å²) in [6.07, 6.45) is -7.25. The summed E-state index contributed by atoms with van der Waals surface area (Å²) in [5.74, 6) is 0. The van der Waals surface area contributed by atoms with Crippen molar-refractivity contribution in [3.05, 3.63) is 27.5 Å². The van der Waals surface area contributed by atoms with Crippen LogP contribution < -0.4 is 5.73 Å². The Morgan fingerprint density at radius 3 is 2.31 bits per heavy atom. The molecule has 0 aromatic carbocycles. The maximum absolute atomic E-state index is 12.4. The molecule has 90 valence electrons. The minimum absolute atomic E-state index is 0.369. The summed E-state index contributed by atoms with van der Waals surface area (Å²) in [6.45, 7) is -0.502. The van der Waals surface area contributed by atoms with E-state index in [9.17, 15) is 22.0 Å². The van der Waals surface area contributed by atoms with Crippen molar-refractivity contribution in [1.29, 1.82) is 0 Å². The van der Waals surface area contributed by atoms with E-state index >= 15 is 0 Å². The Hall–Kier alpha value is -0.760. The SMILES string of the molecule is NCc1c(C(F)(F)F)cnc(C(F)F)c1Br. The van der Waals surface area contributed by atoms with E-state index in [1.54, 1.807) is 0 Å². The van der Waals surface area contributed by atoms with Crippen molar-refractivity contribution in [2.45, 2.75) is 19.1 Å². The van der Waals surface area contributed by atoms with Crippen LogP contribution in [0.1, 0.15) is 23.2 Å². The highest BCUT2D eigenvalue weighted by molar-refractivity contribution is 9.10. The fraction of sp³-hybridized carbons (Fsp3) is 0.375. The number of aromatic nitrogens is 1. The average Bonchev–Trinajstić information content (AvgIpc) is 2.15. The predicted molar refractivity (Wildman–Crippen MR) is 49.8 cm³/mol. The van der Waals surface area contributed by atoms with Crippen LogP contribution in [0.3, 0.4) is 0 Å². The van der Waals surface area contributed by atoms with Crippen LogP contribution in [0.5, 0.6) is 0 Å². The third kappa shape index (κ3) is 2.49. The fourth-order valence-corrected chi connectivity index (χ4v) is 1.79. The van der Waals surface area contributed by atoms with E-state index in [2.05, 4.69) is 20.9 Å². The van der Waals surface area contributed by atoms with Crippen molar-refractivity contribution in [1.82, 2.24) is 4.98 Å². The second kappa shape index (κ2) is 4.62. The van der Waals surface area contributed by atoms with Crippen molar-refractivity contribution in [2.24, 2.45) is 5.73 Å². The number of alkyl halides is 5. The van der Waals surface area contributed by atoms with Crippen molar-refractivity contribution in [2.75, 3.05) is 0 Å². The quantitative estimate of drug-likeness (QED) is 0.852. The van der Waals surface area contributed by atoms with Crippen LogP contribution in [0.4, 0.5) is 22.0 Å². The summed E-state index contributed by atoms with van der Waals surface area (Å²) in [6, 6.07) is 0. The van der Waals surface area contributed by atoms with Gasteiger partial charge in [-0.05, 0) is 21.5 Å². The first kappa shape index (κ1) is 13.3. The lowest BCUT2D eigenvalue weighted by Gasteiger charge is -2.14. The summed E-state index contributed by atoms with van der Waals surface area (Å²) < 4.78 is 61.7. The molecule has 1 heterocycles. The van der Waals surface area contributed by atoms with Crippen molar-refractivity contribution in [3.8, 4) is 0 Å². The van der Waals surface area contributed by atoms with Gasteiger partial charge in [0.05, 0.1) is 10.0 Å². The van der Waals surface area contributed by atoms with Crippen LogP contribution in [0.25, 0.3) is 0 Å². The average molecular weight is 305 g/mol. The monoisotopic (exact) mass is 304 g/mol. The van der Waals surface area contributed by atoms with Gasteiger partial charge in [0, 0.05) is 12.7 Å². The maximum atomic E-state index is 12.4. The van der Waals surface area contributed by atoms with Gasteiger partial charge in [0.1, 0.15) is 5.69 Å². The Bertz CT molecular complexity index is 391. The van der Waals surface area contributed by atoms with Gasteiger partial charge < -0.3 is 5.73 Å². The van der Waals surface area contributed by atoms with Gasteiger partial charge in [-0.15, -0.1) is 0 Å². The van der Waals surface area contributed by atoms with E-state index in [-0.39, 0.29) is 4.47 Å². The largest absolute Gasteiger partial charge is 0.418 e. The summed E-state index contributed by atoms with van der Waals surface area (Å²) in [4.78, 5) is 3.08. The minimum Gasteiger partial charge on any atom is -0.326 e. The van der Waals surface area contributed by atoms with Crippen molar-refractivity contribution < 1.29 is 22.0 Å². The molecule has 0 bridgehead atoms. The number of hydrogen-bond donors (Lipinski definition) is 1. The second-order valence-corrected chi connectivity index (χ2v) is 3.65. The van der Waals surface area contributed by atoms with Crippen LogP contribution in [0.15, 0.2) is 10.7 Å². The third-order valence-electron chi connectivity index (χ3n) is 1.86. The van der Waals surface area contributed by atoms with E-state index in [0.717, 1.165) is 0 Å². The molecule has 0 atom stereocenters. The number of pyridine rings is 1. The van der Waals surface area contributed by atoms with Gasteiger partial charge in [-0.25, -0.2) is 8.78 Å². The second-order valence-electron chi connectivity index (χ2n) is 2.85. The highest BCUT2D eigenvalue weighted by Gasteiger charge is 2.35. The van der Waals surface area contributed by atoms with E-state index in [0.29, 0.717) is 6.20 Å². The van der Waals surface area contributed by atoms with Crippen LogP contribution in [0.2, 0.25) is 0 Å². The highest BCUT2D eigenvalue weighted by atomic mass is 79.9. The van der Waals surface area contributed by atoms with Crippen LogP contribution in [-0.2, 0) is 12.7 Å². The minimum atomic E-state index is -4.66. The Morgan fingerprint density at radius 1 is 1.38 bits per heavy atom. The van der Waals surface area contributed by atoms with Gasteiger partial charge in [0.25, 0.3) is 6.43 Å². The Morgan fingerprint density at radius 2 is 1.94 bits per heavy atom. The number of nitrogens with zero attached hydrogens (tertiary/aromatic N) is 1.